The Morgan fingerprint density at radius 3 is 2.55 bits per heavy atom. The van der Waals surface area contributed by atoms with Gasteiger partial charge in [0.05, 0.1) is 10.0 Å². The number of nitrogens with one attached hydrogen (secondary N) is 4. The molecule has 1 aromatic heterocycles. The minimum Gasteiger partial charge on any atom is -0.444 e. The van der Waals surface area contributed by atoms with E-state index >= 15 is 0 Å². The SMILES string of the molecule is CC(C)(C)OC(=O)NCCNC1=Cc2c([nH]c3ccc(Nc4ccc(Cl)c(Cl)c4)cc23)CC1. The number of fused-ring (bicyclic) bond motifs is 3. The first-order chi connectivity index (χ1) is 15.7. The first-order valence-electron chi connectivity index (χ1n) is 11.0. The van der Waals surface area contributed by atoms with E-state index in [-0.39, 0.29) is 0 Å². The van der Waals surface area contributed by atoms with Gasteiger partial charge in [0, 0.05) is 52.3 Å². The van der Waals surface area contributed by atoms with Gasteiger partial charge in [-0.05, 0) is 76.1 Å². The maximum absolute atomic E-state index is 11.8. The van der Waals surface area contributed by atoms with Crippen LogP contribution in [0, 0.1) is 0 Å². The van der Waals surface area contributed by atoms with Crippen molar-refractivity contribution in [3.05, 3.63) is 63.4 Å². The van der Waals surface area contributed by atoms with E-state index < -0.39 is 11.7 Å². The molecule has 0 saturated carbocycles. The zero-order valence-electron chi connectivity index (χ0n) is 18.9. The summed E-state index contributed by atoms with van der Waals surface area (Å²) in [5.41, 5.74) is 6.02. The van der Waals surface area contributed by atoms with Crippen LogP contribution < -0.4 is 16.0 Å². The maximum atomic E-state index is 11.8. The number of rotatable bonds is 6. The smallest absolute Gasteiger partial charge is 0.407 e. The molecule has 1 heterocycles. The molecule has 33 heavy (non-hydrogen) atoms. The molecule has 1 amide bonds. The Morgan fingerprint density at radius 1 is 1.03 bits per heavy atom. The summed E-state index contributed by atoms with van der Waals surface area (Å²) in [5.74, 6) is 0. The Balaban J connectivity index is 1.43. The molecular formula is C25H28Cl2N4O2. The molecule has 0 unspecified atom stereocenters. The monoisotopic (exact) mass is 486 g/mol. The number of aryl methyl sites for hydroxylation is 1. The molecule has 0 atom stereocenters. The fraction of sp³-hybridized carbons (Fsp3) is 0.320. The van der Waals surface area contributed by atoms with Crippen LogP contribution in [0.15, 0.2) is 42.1 Å². The van der Waals surface area contributed by atoms with Crippen molar-refractivity contribution in [3.8, 4) is 0 Å². The second-order valence-electron chi connectivity index (χ2n) is 9.06. The molecule has 174 valence electrons. The highest BCUT2D eigenvalue weighted by Crippen LogP contribution is 2.33. The molecule has 1 aliphatic rings. The van der Waals surface area contributed by atoms with E-state index in [0.717, 1.165) is 40.8 Å². The molecule has 0 fully saturated rings. The number of allylic oxidation sites excluding steroid dienone is 1. The lowest BCUT2D eigenvalue weighted by Crippen LogP contribution is -2.36. The van der Waals surface area contributed by atoms with Gasteiger partial charge in [0.2, 0.25) is 0 Å². The molecule has 4 rings (SSSR count). The standard InChI is InChI=1S/C25H28Cl2N4O2/c1-25(2,3)33-24(32)29-11-10-28-15-5-8-22-18(12-15)19-13-16(6-9-23(19)31-22)30-17-4-7-20(26)21(27)14-17/h4,6-7,9,12-14,28,30-31H,5,8,10-11H2,1-3H3,(H,29,32). The van der Waals surface area contributed by atoms with Crippen LogP contribution in [0.2, 0.25) is 10.0 Å². The minimum absolute atomic E-state index is 0.400. The Morgan fingerprint density at radius 2 is 1.79 bits per heavy atom. The zero-order valence-corrected chi connectivity index (χ0v) is 20.5. The Hall–Kier alpha value is -2.83. The average Bonchev–Trinajstić information content (AvgIpc) is 3.10. The third-order valence-corrected chi connectivity index (χ3v) is 5.98. The molecule has 0 spiro atoms. The number of ether oxygens (including phenoxy) is 1. The van der Waals surface area contributed by atoms with Crippen molar-refractivity contribution in [3.63, 3.8) is 0 Å². The highest BCUT2D eigenvalue weighted by Gasteiger charge is 2.17. The largest absolute Gasteiger partial charge is 0.444 e. The average molecular weight is 487 g/mol. The minimum atomic E-state index is -0.497. The lowest BCUT2D eigenvalue weighted by molar-refractivity contribution is 0.0528. The first-order valence-corrected chi connectivity index (χ1v) is 11.7. The number of halogens is 2. The normalized spacial score (nSPS) is 13.3. The van der Waals surface area contributed by atoms with Gasteiger partial charge in [-0.3, -0.25) is 0 Å². The van der Waals surface area contributed by atoms with E-state index in [1.54, 1.807) is 6.07 Å². The number of carbonyl (C=O) groups excluding carboxylic acids is 1. The van der Waals surface area contributed by atoms with Crippen molar-refractivity contribution in [1.82, 2.24) is 15.6 Å². The molecule has 6 nitrogen and oxygen atoms in total. The first kappa shape index (κ1) is 23.3. The Kier molecular flexibility index (Phi) is 6.77. The summed E-state index contributed by atoms with van der Waals surface area (Å²) in [6, 6.07) is 11.8. The summed E-state index contributed by atoms with van der Waals surface area (Å²) in [5, 5.41) is 11.8. The number of aromatic nitrogens is 1. The third kappa shape index (κ3) is 5.95. The van der Waals surface area contributed by atoms with Crippen molar-refractivity contribution >= 4 is 57.6 Å². The van der Waals surface area contributed by atoms with Gasteiger partial charge < -0.3 is 25.7 Å². The topological polar surface area (TPSA) is 78.2 Å². The highest BCUT2D eigenvalue weighted by atomic mass is 35.5. The number of amides is 1. The second-order valence-corrected chi connectivity index (χ2v) is 9.87. The van der Waals surface area contributed by atoms with E-state index in [2.05, 4.69) is 39.1 Å². The highest BCUT2D eigenvalue weighted by molar-refractivity contribution is 6.42. The van der Waals surface area contributed by atoms with Crippen LogP contribution >= 0.6 is 23.2 Å². The van der Waals surface area contributed by atoms with Gasteiger partial charge >= 0.3 is 6.09 Å². The van der Waals surface area contributed by atoms with Gasteiger partial charge in [0.15, 0.2) is 0 Å². The van der Waals surface area contributed by atoms with Gasteiger partial charge in [-0.25, -0.2) is 4.79 Å². The van der Waals surface area contributed by atoms with Crippen LogP contribution in [0.4, 0.5) is 16.2 Å². The van der Waals surface area contributed by atoms with Crippen molar-refractivity contribution < 1.29 is 9.53 Å². The number of aromatic amines is 1. The fourth-order valence-electron chi connectivity index (χ4n) is 3.80. The van der Waals surface area contributed by atoms with Gasteiger partial charge in [-0.15, -0.1) is 0 Å². The van der Waals surface area contributed by atoms with Crippen LogP contribution in [-0.2, 0) is 11.2 Å². The Labute approximate surface area is 203 Å². The predicted molar refractivity (Wildman–Crippen MR) is 137 cm³/mol. The predicted octanol–water partition coefficient (Wildman–Crippen LogP) is 6.62. The number of benzene rings is 2. The molecule has 0 saturated heterocycles. The molecule has 4 N–H and O–H groups in total. The van der Waals surface area contributed by atoms with Crippen molar-refractivity contribution in [2.24, 2.45) is 0 Å². The summed E-state index contributed by atoms with van der Waals surface area (Å²) in [4.78, 5) is 15.3. The van der Waals surface area contributed by atoms with Crippen molar-refractivity contribution in [1.29, 1.82) is 0 Å². The zero-order chi connectivity index (χ0) is 23.6. The van der Waals surface area contributed by atoms with Crippen LogP contribution in [0.3, 0.4) is 0 Å². The quantitative estimate of drug-likeness (QED) is 0.295. The number of anilines is 2. The molecule has 0 bridgehead atoms. The maximum Gasteiger partial charge on any atom is 0.407 e. The molecule has 1 aliphatic carbocycles. The van der Waals surface area contributed by atoms with E-state index in [1.165, 1.54) is 11.3 Å². The summed E-state index contributed by atoms with van der Waals surface area (Å²) >= 11 is 12.2. The number of H-pyrrole nitrogens is 1. The van der Waals surface area contributed by atoms with E-state index in [1.807, 2.05) is 39.0 Å². The molecular weight excluding hydrogens is 459 g/mol. The van der Waals surface area contributed by atoms with E-state index in [4.69, 9.17) is 27.9 Å². The summed E-state index contributed by atoms with van der Waals surface area (Å²) in [6.45, 7) is 6.67. The number of alkyl carbamates (subject to hydrolysis) is 1. The molecule has 0 aliphatic heterocycles. The summed E-state index contributed by atoms with van der Waals surface area (Å²) < 4.78 is 5.26. The van der Waals surface area contributed by atoms with Gasteiger partial charge in [-0.1, -0.05) is 23.2 Å². The van der Waals surface area contributed by atoms with E-state index in [9.17, 15) is 4.79 Å². The van der Waals surface area contributed by atoms with Crippen molar-refractivity contribution in [2.45, 2.75) is 39.2 Å². The number of hydrogen-bond donors (Lipinski definition) is 4. The van der Waals surface area contributed by atoms with E-state index in [0.29, 0.717) is 23.1 Å². The molecule has 3 aromatic rings. The third-order valence-electron chi connectivity index (χ3n) is 5.24. The van der Waals surface area contributed by atoms with Gasteiger partial charge in [0.1, 0.15) is 5.60 Å². The van der Waals surface area contributed by atoms with Crippen LogP contribution in [0.5, 0.6) is 0 Å². The molecule has 2 aromatic carbocycles. The van der Waals surface area contributed by atoms with Crippen LogP contribution in [-0.4, -0.2) is 29.8 Å². The Bertz CT molecular complexity index is 1210. The lowest BCUT2D eigenvalue weighted by Gasteiger charge is -2.20. The number of hydrogen-bond acceptors (Lipinski definition) is 4. The second kappa shape index (κ2) is 9.57. The van der Waals surface area contributed by atoms with Crippen molar-refractivity contribution in [2.75, 3.05) is 18.4 Å². The van der Waals surface area contributed by atoms with Crippen LogP contribution in [0.1, 0.15) is 38.4 Å². The molecule has 0 radical (unpaired) electrons. The molecule has 8 heteroatoms. The van der Waals surface area contributed by atoms with Crippen LogP contribution in [0.25, 0.3) is 17.0 Å². The van der Waals surface area contributed by atoms with Gasteiger partial charge in [0.25, 0.3) is 0 Å². The summed E-state index contributed by atoms with van der Waals surface area (Å²) in [7, 11) is 0. The fourth-order valence-corrected chi connectivity index (χ4v) is 4.09. The lowest BCUT2D eigenvalue weighted by atomic mass is 9.99. The number of carbonyl (C=O) groups is 1. The van der Waals surface area contributed by atoms with Gasteiger partial charge in [-0.2, -0.15) is 0 Å². The summed E-state index contributed by atoms with van der Waals surface area (Å²) in [6.07, 6.45) is 3.63.